The smallest absolute Gasteiger partial charge is 0.210 e. The van der Waals surface area contributed by atoms with Crippen molar-refractivity contribution >= 4 is 25.6 Å². The number of aliphatic imine (C=N–C) groups is 1. The molecule has 0 unspecified atom stereocenters. The van der Waals surface area contributed by atoms with E-state index >= 15 is 0 Å². The fourth-order valence-corrected chi connectivity index (χ4v) is 0.415. The van der Waals surface area contributed by atoms with Gasteiger partial charge >= 0.3 is 0 Å². The van der Waals surface area contributed by atoms with Crippen molar-refractivity contribution in [3.63, 3.8) is 0 Å². The van der Waals surface area contributed by atoms with Crippen LogP contribution >= 0.6 is 0 Å². The molecule has 0 spiro atoms. The number of nitrogens with zero attached hydrogens (tertiary/aromatic N) is 3. The summed E-state index contributed by atoms with van der Waals surface area (Å²) in [5, 5.41) is 6.92. The van der Waals surface area contributed by atoms with Crippen LogP contribution in [0.15, 0.2) is 9.62 Å². The Morgan fingerprint density at radius 2 is 2.44 bits per heavy atom. The first-order valence-electron chi connectivity index (χ1n) is 2.38. The van der Waals surface area contributed by atoms with Gasteiger partial charge in [0.05, 0.1) is 11.9 Å². The molecule has 6 heteroatoms. The van der Waals surface area contributed by atoms with Crippen LogP contribution in [0.4, 0.5) is 5.82 Å². The first-order chi connectivity index (χ1) is 4.34. The van der Waals surface area contributed by atoms with Gasteiger partial charge in [-0.2, -0.15) is 0 Å². The Morgan fingerprint density at radius 1 is 1.67 bits per heavy atom. The standard InChI is InChI=1S/C3H5BN4O/c4-2-3(6-1-5)8-9-7-2/h1H,4H2,(H2,5,6,8). The highest BCUT2D eigenvalue weighted by Gasteiger charge is 1.98. The molecule has 0 aliphatic heterocycles. The van der Waals surface area contributed by atoms with E-state index in [0.717, 1.165) is 6.34 Å². The van der Waals surface area contributed by atoms with E-state index in [2.05, 4.69) is 19.9 Å². The summed E-state index contributed by atoms with van der Waals surface area (Å²) in [4.78, 5) is 3.65. The summed E-state index contributed by atoms with van der Waals surface area (Å²) in [5.74, 6) is 0.428. The summed E-state index contributed by atoms with van der Waals surface area (Å²) >= 11 is 0. The van der Waals surface area contributed by atoms with Crippen molar-refractivity contribution in [3.8, 4) is 0 Å². The van der Waals surface area contributed by atoms with Crippen LogP contribution in [0.5, 0.6) is 0 Å². The van der Waals surface area contributed by atoms with Crippen LogP contribution in [0.2, 0.25) is 0 Å². The van der Waals surface area contributed by atoms with Gasteiger partial charge in [0.2, 0.25) is 5.82 Å². The Labute approximate surface area is 52.3 Å². The maximum atomic E-state index is 4.99. The average Bonchev–Trinajstić information content (AvgIpc) is 2.18. The average molecular weight is 124 g/mol. The van der Waals surface area contributed by atoms with E-state index in [9.17, 15) is 0 Å². The molecule has 0 aromatic carbocycles. The number of hydrogen-bond donors (Lipinski definition) is 1. The quantitative estimate of drug-likeness (QED) is 0.265. The van der Waals surface area contributed by atoms with Gasteiger partial charge in [-0.25, -0.2) is 9.62 Å². The highest BCUT2D eigenvalue weighted by Crippen LogP contribution is 1.96. The van der Waals surface area contributed by atoms with Gasteiger partial charge in [0, 0.05) is 0 Å². The molecule has 46 valence electrons. The van der Waals surface area contributed by atoms with E-state index in [0.29, 0.717) is 11.4 Å². The minimum Gasteiger partial charge on any atom is -0.390 e. The molecule has 0 saturated carbocycles. The zero-order chi connectivity index (χ0) is 6.69. The Morgan fingerprint density at radius 3 is 2.89 bits per heavy atom. The molecule has 0 aliphatic rings. The number of nitrogens with two attached hydrogens (primary N) is 1. The summed E-state index contributed by atoms with van der Waals surface area (Å²) in [7, 11) is 1.73. The molecule has 1 rings (SSSR count). The number of aromatic nitrogens is 2. The van der Waals surface area contributed by atoms with Crippen LogP contribution in [0.1, 0.15) is 0 Å². The molecule has 0 saturated heterocycles. The molecule has 0 fully saturated rings. The third-order valence-corrected chi connectivity index (χ3v) is 0.825. The Bertz CT molecular complexity index is 219. The fraction of sp³-hybridized carbons (Fsp3) is 0. The lowest BCUT2D eigenvalue weighted by Gasteiger charge is -1.77. The maximum absolute atomic E-state index is 4.99. The summed E-state index contributed by atoms with van der Waals surface area (Å²) in [6.45, 7) is 0. The molecule has 2 N–H and O–H groups in total. The minimum absolute atomic E-state index is 0.428. The molecule has 0 bridgehead atoms. The Hall–Kier alpha value is -1.33. The molecule has 0 amide bonds. The van der Waals surface area contributed by atoms with Crippen LogP contribution in [-0.4, -0.2) is 24.5 Å². The molecule has 9 heavy (non-hydrogen) atoms. The monoisotopic (exact) mass is 124 g/mol. The third-order valence-electron chi connectivity index (χ3n) is 0.825. The number of hydrogen-bond acceptors (Lipinski definition) is 4. The third kappa shape index (κ3) is 1.07. The van der Waals surface area contributed by atoms with Crippen molar-refractivity contribution in [2.75, 3.05) is 0 Å². The normalized spacial score (nSPS) is 10.7. The van der Waals surface area contributed by atoms with Gasteiger partial charge in [0.15, 0.2) is 7.85 Å². The van der Waals surface area contributed by atoms with Gasteiger partial charge in [-0.3, -0.25) is 0 Å². The molecule has 5 nitrogen and oxygen atoms in total. The predicted octanol–water partition coefficient (Wildman–Crippen LogP) is -2.05. The van der Waals surface area contributed by atoms with Gasteiger partial charge in [-0.15, -0.1) is 0 Å². The highest BCUT2D eigenvalue weighted by molar-refractivity contribution is 6.33. The molecule has 1 aromatic heterocycles. The predicted molar refractivity (Wildman–Crippen MR) is 34.8 cm³/mol. The van der Waals surface area contributed by atoms with Crippen LogP contribution in [-0.2, 0) is 0 Å². The second kappa shape index (κ2) is 2.30. The van der Waals surface area contributed by atoms with Crippen molar-refractivity contribution in [2.45, 2.75) is 0 Å². The van der Waals surface area contributed by atoms with Gasteiger partial charge < -0.3 is 5.73 Å². The van der Waals surface area contributed by atoms with E-state index in [1.807, 2.05) is 0 Å². The molecular formula is C3H5BN4O. The highest BCUT2D eigenvalue weighted by atomic mass is 16.6. The van der Waals surface area contributed by atoms with Gasteiger partial charge in [0.25, 0.3) is 0 Å². The summed E-state index contributed by atoms with van der Waals surface area (Å²) in [5.41, 5.74) is 5.62. The zero-order valence-corrected chi connectivity index (χ0v) is 4.90. The number of rotatable bonds is 1. The van der Waals surface area contributed by atoms with Gasteiger partial charge in [-0.05, 0) is 5.16 Å². The molecule has 0 aliphatic carbocycles. The van der Waals surface area contributed by atoms with Crippen molar-refractivity contribution in [2.24, 2.45) is 10.7 Å². The lowest BCUT2D eigenvalue weighted by Crippen LogP contribution is -2.03. The van der Waals surface area contributed by atoms with Gasteiger partial charge in [-0.1, -0.05) is 5.16 Å². The topological polar surface area (TPSA) is 77.3 Å². The SMILES string of the molecule is Bc1nonc1/N=C\N. The van der Waals surface area contributed by atoms with Crippen LogP contribution in [0, 0.1) is 0 Å². The first kappa shape index (κ1) is 5.81. The Balaban J connectivity index is 2.94. The van der Waals surface area contributed by atoms with Crippen molar-refractivity contribution in [1.29, 1.82) is 0 Å². The van der Waals surface area contributed by atoms with Crippen molar-refractivity contribution < 1.29 is 4.63 Å². The second-order valence-electron chi connectivity index (χ2n) is 1.45. The van der Waals surface area contributed by atoms with E-state index < -0.39 is 0 Å². The largest absolute Gasteiger partial charge is 0.390 e. The van der Waals surface area contributed by atoms with E-state index in [-0.39, 0.29) is 0 Å². The molecule has 1 heterocycles. The van der Waals surface area contributed by atoms with E-state index in [4.69, 9.17) is 5.73 Å². The summed E-state index contributed by atoms with van der Waals surface area (Å²) in [6.07, 6.45) is 1.15. The fourth-order valence-electron chi connectivity index (χ4n) is 0.415. The lowest BCUT2D eigenvalue weighted by molar-refractivity contribution is 0.311. The van der Waals surface area contributed by atoms with Crippen molar-refractivity contribution in [1.82, 2.24) is 10.3 Å². The van der Waals surface area contributed by atoms with E-state index in [1.165, 1.54) is 0 Å². The van der Waals surface area contributed by atoms with Crippen LogP contribution in [0.3, 0.4) is 0 Å². The summed E-state index contributed by atoms with van der Waals surface area (Å²) < 4.78 is 4.33. The molecule has 0 radical (unpaired) electrons. The van der Waals surface area contributed by atoms with E-state index in [1.54, 1.807) is 7.85 Å². The first-order valence-corrected chi connectivity index (χ1v) is 2.38. The van der Waals surface area contributed by atoms with Crippen LogP contribution in [0.25, 0.3) is 0 Å². The maximum Gasteiger partial charge on any atom is 0.210 e. The second-order valence-corrected chi connectivity index (χ2v) is 1.45. The van der Waals surface area contributed by atoms with Crippen LogP contribution < -0.4 is 11.3 Å². The minimum atomic E-state index is 0.428. The van der Waals surface area contributed by atoms with Crippen molar-refractivity contribution in [3.05, 3.63) is 0 Å². The Kier molecular flexibility index (Phi) is 1.48. The summed E-state index contributed by atoms with van der Waals surface area (Å²) in [6, 6.07) is 0. The van der Waals surface area contributed by atoms with Gasteiger partial charge in [0.1, 0.15) is 0 Å². The molecule has 0 atom stereocenters. The lowest BCUT2D eigenvalue weighted by atomic mass is 10.1. The zero-order valence-electron chi connectivity index (χ0n) is 4.90. The molecular weight excluding hydrogens is 119 g/mol. The molecule has 1 aromatic rings.